The first-order valence-corrected chi connectivity index (χ1v) is 7.00. The van der Waals surface area contributed by atoms with E-state index in [0.717, 1.165) is 4.90 Å². The Hall–Kier alpha value is -1.00. The maximum atomic E-state index is 11.7. The molecule has 0 radical (unpaired) electrons. The van der Waals surface area contributed by atoms with Gasteiger partial charge in [0.1, 0.15) is 0 Å². The number of hydrogen-bond donors (Lipinski definition) is 1. The number of carbonyl (C=O) groups excluding carboxylic acids is 1. The maximum Gasteiger partial charge on any atom is 0.230 e. The van der Waals surface area contributed by atoms with Crippen molar-refractivity contribution in [1.82, 2.24) is 5.32 Å². The van der Waals surface area contributed by atoms with Gasteiger partial charge in [-0.1, -0.05) is 6.07 Å². The molecule has 1 rings (SSSR count). The van der Waals surface area contributed by atoms with Crippen molar-refractivity contribution >= 4 is 17.7 Å². The van der Waals surface area contributed by atoms with Crippen LogP contribution in [0.4, 0.5) is 0 Å². The second kappa shape index (κ2) is 7.44. The Morgan fingerprint density at radius 2 is 2.11 bits per heavy atom. The van der Waals surface area contributed by atoms with Gasteiger partial charge in [-0.3, -0.25) is 4.79 Å². The SMILES string of the molecule is COC[C@@H](C)NC(=O)CSc1ccc(C)c(C)c1. The van der Waals surface area contributed by atoms with Crippen molar-refractivity contribution in [3.63, 3.8) is 0 Å². The van der Waals surface area contributed by atoms with E-state index < -0.39 is 0 Å². The summed E-state index contributed by atoms with van der Waals surface area (Å²) in [5.74, 6) is 0.485. The number of methoxy groups -OCH3 is 1. The Labute approximate surface area is 113 Å². The fourth-order valence-corrected chi connectivity index (χ4v) is 2.37. The van der Waals surface area contributed by atoms with Gasteiger partial charge in [-0.15, -0.1) is 11.8 Å². The third kappa shape index (κ3) is 5.10. The summed E-state index contributed by atoms with van der Waals surface area (Å²) in [5.41, 5.74) is 2.53. The highest BCUT2D eigenvalue weighted by Crippen LogP contribution is 2.20. The van der Waals surface area contributed by atoms with Gasteiger partial charge in [-0.05, 0) is 44.0 Å². The predicted molar refractivity (Wildman–Crippen MR) is 76.1 cm³/mol. The molecule has 4 heteroatoms. The van der Waals surface area contributed by atoms with Gasteiger partial charge in [0, 0.05) is 18.0 Å². The molecule has 0 saturated heterocycles. The van der Waals surface area contributed by atoms with Gasteiger partial charge in [0.2, 0.25) is 5.91 Å². The van der Waals surface area contributed by atoms with Crippen LogP contribution < -0.4 is 5.32 Å². The van der Waals surface area contributed by atoms with E-state index >= 15 is 0 Å². The fraction of sp³-hybridized carbons (Fsp3) is 0.500. The highest BCUT2D eigenvalue weighted by Gasteiger charge is 2.07. The second-order valence-corrected chi connectivity index (χ2v) is 5.51. The quantitative estimate of drug-likeness (QED) is 0.805. The zero-order valence-electron chi connectivity index (χ0n) is 11.4. The molecule has 1 atom stereocenters. The van der Waals surface area contributed by atoms with Crippen molar-refractivity contribution in [1.29, 1.82) is 0 Å². The first-order valence-electron chi connectivity index (χ1n) is 6.01. The van der Waals surface area contributed by atoms with Crippen molar-refractivity contribution < 1.29 is 9.53 Å². The molecule has 0 fully saturated rings. The third-order valence-electron chi connectivity index (χ3n) is 2.67. The van der Waals surface area contributed by atoms with Crippen LogP contribution in [0.5, 0.6) is 0 Å². The highest BCUT2D eigenvalue weighted by molar-refractivity contribution is 8.00. The number of benzene rings is 1. The Balaban J connectivity index is 2.40. The Kier molecular flexibility index (Phi) is 6.22. The van der Waals surface area contributed by atoms with Crippen molar-refractivity contribution in [2.24, 2.45) is 0 Å². The van der Waals surface area contributed by atoms with E-state index in [1.165, 1.54) is 11.1 Å². The number of hydrogen-bond acceptors (Lipinski definition) is 3. The number of carbonyl (C=O) groups is 1. The Morgan fingerprint density at radius 3 is 2.72 bits per heavy atom. The van der Waals surface area contributed by atoms with E-state index in [9.17, 15) is 4.79 Å². The summed E-state index contributed by atoms with van der Waals surface area (Å²) in [6.07, 6.45) is 0. The van der Waals surface area contributed by atoms with Gasteiger partial charge in [-0.25, -0.2) is 0 Å². The maximum absolute atomic E-state index is 11.7. The first kappa shape index (κ1) is 15.1. The Bertz CT molecular complexity index is 407. The number of thioether (sulfide) groups is 1. The van der Waals surface area contributed by atoms with Gasteiger partial charge in [0.05, 0.1) is 12.4 Å². The molecule has 0 saturated carbocycles. The molecule has 0 heterocycles. The average molecular weight is 267 g/mol. The molecule has 0 aliphatic heterocycles. The zero-order chi connectivity index (χ0) is 13.5. The summed E-state index contributed by atoms with van der Waals surface area (Å²) in [4.78, 5) is 12.8. The molecule has 0 aliphatic carbocycles. The van der Waals surface area contributed by atoms with Gasteiger partial charge in [0.15, 0.2) is 0 Å². The number of aryl methyl sites for hydroxylation is 2. The molecule has 0 unspecified atom stereocenters. The topological polar surface area (TPSA) is 38.3 Å². The molecule has 3 nitrogen and oxygen atoms in total. The number of ether oxygens (including phenoxy) is 1. The number of nitrogens with one attached hydrogen (secondary N) is 1. The molecule has 0 aromatic heterocycles. The zero-order valence-corrected chi connectivity index (χ0v) is 12.3. The largest absolute Gasteiger partial charge is 0.383 e. The first-order chi connectivity index (χ1) is 8.52. The molecule has 1 amide bonds. The summed E-state index contributed by atoms with van der Waals surface area (Å²) in [6, 6.07) is 6.32. The standard InChI is InChI=1S/C14H21NO2S/c1-10-5-6-13(7-11(10)2)18-9-14(16)15-12(3)8-17-4/h5-7,12H,8-9H2,1-4H3,(H,15,16)/t12-/m1/s1. The molecular weight excluding hydrogens is 246 g/mol. The highest BCUT2D eigenvalue weighted by atomic mass is 32.2. The third-order valence-corrected chi connectivity index (χ3v) is 3.67. The van der Waals surface area contributed by atoms with Crippen LogP contribution in [-0.2, 0) is 9.53 Å². The van der Waals surface area contributed by atoms with Crippen LogP contribution in [-0.4, -0.2) is 31.4 Å². The second-order valence-electron chi connectivity index (χ2n) is 4.46. The van der Waals surface area contributed by atoms with Gasteiger partial charge in [-0.2, -0.15) is 0 Å². The minimum atomic E-state index is 0.0442. The van der Waals surface area contributed by atoms with E-state index in [0.29, 0.717) is 12.4 Å². The molecule has 18 heavy (non-hydrogen) atoms. The van der Waals surface area contributed by atoms with Gasteiger partial charge < -0.3 is 10.1 Å². The molecule has 0 bridgehead atoms. The fourth-order valence-electron chi connectivity index (χ4n) is 1.56. The number of rotatable bonds is 6. The normalized spacial score (nSPS) is 12.2. The van der Waals surface area contributed by atoms with Crippen LogP contribution >= 0.6 is 11.8 Å². The van der Waals surface area contributed by atoms with Crippen molar-refractivity contribution in [3.05, 3.63) is 29.3 Å². The monoisotopic (exact) mass is 267 g/mol. The minimum Gasteiger partial charge on any atom is -0.383 e. The van der Waals surface area contributed by atoms with E-state index in [2.05, 4.69) is 37.4 Å². The lowest BCUT2D eigenvalue weighted by Gasteiger charge is -2.12. The molecule has 1 N–H and O–H groups in total. The van der Waals surface area contributed by atoms with Crippen LogP contribution in [0.25, 0.3) is 0 Å². The molecule has 1 aromatic rings. The lowest BCUT2D eigenvalue weighted by atomic mass is 10.1. The molecule has 0 aliphatic rings. The average Bonchev–Trinajstić information content (AvgIpc) is 2.31. The van der Waals surface area contributed by atoms with Crippen LogP contribution in [0.2, 0.25) is 0 Å². The van der Waals surface area contributed by atoms with Crippen LogP contribution in [0.15, 0.2) is 23.1 Å². The smallest absolute Gasteiger partial charge is 0.230 e. The van der Waals surface area contributed by atoms with Gasteiger partial charge >= 0.3 is 0 Å². The van der Waals surface area contributed by atoms with E-state index in [4.69, 9.17) is 4.74 Å². The lowest BCUT2D eigenvalue weighted by Crippen LogP contribution is -2.36. The van der Waals surface area contributed by atoms with Crippen LogP contribution in [0.3, 0.4) is 0 Å². The van der Waals surface area contributed by atoms with Crippen molar-refractivity contribution in [2.45, 2.75) is 31.7 Å². The summed E-state index contributed by atoms with van der Waals surface area (Å²) >= 11 is 1.56. The molecule has 100 valence electrons. The number of amides is 1. The Morgan fingerprint density at radius 1 is 1.39 bits per heavy atom. The summed E-state index contributed by atoms with van der Waals surface area (Å²) in [6.45, 7) is 6.64. The summed E-state index contributed by atoms with van der Waals surface area (Å²) in [7, 11) is 1.63. The van der Waals surface area contributed by atoms with E-state index in [1.807, 2.05) is 6.92 Å². The van der Waals surface area contributed by atoms with Crippen molar-refractivity contribution in [2.75, 3.05) is 19.5 Å². The minimum absolute atomic E-state index is 0.0442. The van der Waals surface area contributed by atoms with Crippen molar-refractivity contribution in [3.8, 4) is 0 Å². The van der Waals surface area contributed by atoms with E-state index in [-0.39, 0.29) is 11.9 Å². The van der Waals surface area contributed by atoms with Crippen LogP contribution in [0.1, 0.15) is 18.1 Å². The summed E-state index contributed by atoms with van der Waals surface area (Å²) < 4.78 is 4.97. The molecular formula is C14H21NO2S. The summed E-state index contributed by atoms with van der Waals surface area (Å²) in [5, 5.41) is 2.89. The molecule has 0 spiro atoms. The predicted octanol–water partition coefficient (Wildman–Crippen LogP) is 2.55. The lowest BCUT2D eigenvalue weighted by molar-refractivity contribution is -0.119. The molecule has 1 aromatic carbocycles. The van der Waals surface area contributed by atoms with E-state index in [1.54, 1.807) is 18.9 Å². The van der Waals surface area contributed by atoms with Crippen LogP contribution in [0, 0.1) is 13.8 Å². The van der Waals surface area contributed by atoms with Gasteiger partial charge in [0.25, 0.3) is 0 Å².